The van der Waals surface area contributed by atoms with Crippen LogP contribution in [-0.4, -0.2) is 0 Å². The second kappa shape index (κ2) is 4.89. The minimum atomic E-state index is 0.436. The molecule has 0 aliphatic heterocycles. The summed E-state index contributed by atoms with van der Waals surface area (Å²) in [6.07, 6.45) is 12.2. The summed E-state index contributed by atoms with van der Waals surface area (Å²) in [4.78, 5) is 0. The van der Waals surface area contributed by atoms with Crippen molar-refractivity contribution in [3.8, 4) is 0 Å². The van der Waals surface area contributed by atoms with Crippen LogP contribution in [0.1, 0.15) is 18.9 Å². The maximum Gasteiger partial charge on any atom is 0.0243 e. The van der Waals surface area contributed by atoms with E-state index in [4.69, 9.17) is 0 Å². The Morgan fingerprint density at radius 3 is 2.71 bits per heavy atom. The number of allylic oxidation sites excluding steroid dienone is 8. The van der Waals surface area contributed by atoms with Gasteiger partial charge < -0.3 is 0 Å². The van der Waals surface area contributed by atoms with Crippen molar-refractivity contribution in [2.45, 2.75) is 13.3 Å². The average molecular weight is 270 g/mol. The maximum absolute atomic E-state index is 2.34. The fourth-order valence-corrected chi connectivity index (χ4v) is 3.62. The number of hydrogen-bond donors (Lipinski definition) is 0. The topological polar surface area (TPSA) is 0 Å². The predicted molar refractivity (Wildman–Crippen MR) is 91.0 cm³/mol. The predicted octanol–water partition coefficient (Wildman–Crippen LogP) is 5.69. The van der Waals surface area contributed by atoms with Gasteiger partial charge in [-0.25, -0.2) is 0 Å². The number of benzene rings is 2. The third kappa shape index (κ3) is 1.99. The van der Waals surface area contributed by atoms with E-state index in [9.17, 15) is 0 Å². The maximum atomic E-state index is 2.34. The molecule has 0 bridgehead atoms. The first-order valence-electron chi connectivity index (χ1n) is 7.56. The quantitative estimate of drug-likeness (QED) is 0.625. The zero-order valence-corrected chi connectivity index (χ0v) is 12.2. The van der Waals surface area contributed by atoms with E-state index < -0.39 is 0 Å². The van der Waals surface area contributed by atoms with Crippen molar-refractivity contribution in [3.05, 3.63) is 89.6 Å². The molecule has 0 spiro atoms. The number of hydrogen-bond acceptors (Lipinski definition) is 0. The lowest BCUT2D eigenvalue weighted by Crippen LogP contribution is -1.98. The Balaban J connectivity index is 1.94. The van der Waals surface area contributed by atoms with Crippen LogP contribution in [0, 0.1) is 5.92 Å². The molecular formula is C21H18. The van der Waals surface area contributed by atoms with Gasteiger partial charge in [-0.05, 0) is 35.3 Å². The average Bonchev–Trinajstić information content (AvgIpc) is 2.68. The fraction of sp³-hybridized carbons (Fsp3) is 0.143. The van der Waals surface area contributed by atoms with Gasteiger partial charge in [-0.3, -0.25) is 0 Å². The van der Waals surface area contributed by atoms with Gasteiger partial charge in [0, 0.05) is 5.92 Å². The lowest BCUT2D eigenvalue weighted by molar-refractivity contribution is 0.995. The standard InChI is InChI=1S/C21H18/c1-15-14-17-9-3-2-4-12-19(17)21(15)20-13-7-10-16-8-5-6-11-18(16)20/h2-13,19H,14H2,1H3. The van der Waals surface area contributed by atoms with Crippen molar-refractivity contribution in [2.24, 2.45) is 5.92 Å². The molecule has 0 saturated carbocycles. The van der Waals surface area contributed by atoms with Crippen LogP contribution in [0.3, 0.4) is 0 Å². The van der Waals surface area contributed by atoms with Crippen LogP contribution < -0.4 is 0 Å². The van der Waals surface area contributed by atoms with Crippen LogP contribution in [-0.2, 0) is 0 Å². The van der Waals surface area contributed by atoms with Crippen LogP contribution in [0.5, 0.6) is 0 Å². The Bertz CT molecular complexity index is 823. The minimum absolute atomic E-state index is 0.436. The minimum Gasteiger partial charge on any atom is -0.0729 e. The molecule has 4 rings (SSSR count). The van der Waals surface area contributed by atoms with E-state index in [0.717, 1.165) is 6.42 Å². The normalized spacial score (nSPS) is 20.6. The number of rotatable bonds is 1. The smallest absolute Gasteiger partial charge is 0.0243 e. The highest BCUT2D eigenvalue weighted by Gasteiger charge is 2.27. The molecule has 0 nitrogen and oxygen atoms in total. The Morgan fingerprint density at radius 2 is 1.76 bits per heavy atom. The molecule has 0 aromatic heterocycles. The molecule has 102 valence electrons. The summed E-state index contributed by atoms with van der Waals surface area (Å²) < 4.78 is 0. The van der Waals surface area contributed by atoms with Crippen molar-refractivity contribution in [1.29, 1.82) is 0 Å². The molecule has 0 saturated heterocycles. The monoisotopic (exact) mass is 270 g/mol. The van der Waals surface area contributed by atoms with Gasteiger partial charge >= 0.3 is 0 Å². The van der Waals surface area contributed by atoms with Gasteiger partial charge in [-0.2, -0.15) is 0 Å². The second-order valence-electron chi connectivity index (χ2n) is 5.89. The van der Waals surface area contributed by atoms with Gasteiger partial charge in [-0.15, -0.1) is 0 Å². The zero-order chi connectivity index (χ0) is 14.2. The molecule has 0 amide bonds. The van der Waals surface area contributed by atoms with Crippen LogP contribution in [0.4, 0.5) is 0 Å². The van der Waals surface area contributed by atoms with Gasteiger partial charge in [0.2, 0.25) is 0 Å². The summed E-state index contributed by atoms with van der Waals surface area (Å²) in [5, 5.41) is 2.68. The van der Waals surface area contributed by atoms with E-state index >= 15 is 0 Å². The first-order chi connectivity index (χ1) is 10.3. The van der Waals surface area contributed by atoms with Gasteiger partial charge in [0.05, 0.1) is 0 Å². The molecular weight excluding hydrogens is 252 g/mol. The summed E-state index contributed by atoms with van der Waals surface area (Å²) in [5.74, 6) is 0.436. The lowest BCUT2D eigenvalue weighted by Gasteiger charge is -2.15. The van der Waals surface area contributed by atoms with Crippen LogP contribution >= 0.6 is 0 Å². The van der Waals surface area contributed by atoms with Gasteiger partial charge in [-0.1, -0.05) is 84.0 Å². The molecule has 0 radical (unpaired) electrons. The van der Waals surface area contributed by atoms with Gasteiger partial charge in [0.1, 0.15) is 0 Å². The summed E-state index contributed by atoms with van der Waals surface area (Å²) in [6, 6.07) is 15.3. The zero-order valence-electron chi connectivity index (χ0n) is 12.2. The van der Waals surface area contributed by atoms with Crippen LogP contribution in [0.15, 0.2) is 84.0 Å². The van der Waals surface area contributed by atoms with E-state index in [-0.39, 0.29) is 0 Å². The van der Waals surface area contributed by atoms with Crippen molar-refractivity contribution in [2.75, 3.05) is 0 Å². The SMILES string of the molecule is CC1=C(c2cccc3ccccc23)C2C=CC=CC=C2C1. The molecule has 1 atom stereocenters. The molecule has 0 heteroatoms. The van der Waals surface area contributed by atoms with E-state index in [1.807, 2.05) is 0 Å². The van der Waals surface area contributed by atoms with Crippen molar-refractivity contribution >= 4 is 16.3 Å². The third-order valence-electron chi connectivity index (χ3n) is 4.56. The third-order valence-corrected chi connectivity index (χ3v) is 4.56. The lowest BCUT2D eigenvalue weighted by atomic mass is 9.88. The molecule has 0 fully saturated rings. The van der Waals surface area contributed by atoms with E-state index in [2.05, 4.69) is 79.8 Å². The van der Waals surface area contributed by atoms with E-state index in [1.54, 1.807) is 0 Å². The molecule has 2 aliphatic carbocycles. The molecule has 0 heterocycles. The summed E-state index contributed by atoms with van der Waals surface area (Å²) in [5.41, 5.74) is 5.91. The van der Waals surface area contributed by atoms with Crippen molar-refractivity contribution in [3.63, 3.8) is 0 Å². The molecule has 1 unspecified atom stereocenters. The Morgan fingerprint density at radius 1 is 0.905 bits per heavy atom. The highest BCUT2D eigenvalue weighted by atomic mass is 14.3. The second-order valence-corrected chi connectivity index (χ2v) is 5.89. The Labute approximate surface area is 125 Å². The fourth-order valence-electron chi connectivity index (χ4n) is 3.62. The molecule has 0 N–H and O–H groups in total. The Hall–Kier alpha value is -2.34. The van der Waals surface area contributed by atoms with Crippen LogP contribution in [0.25, 0.3) is 16.3 Å². The van der Waals surface area contributed by atoms with Gasteiger partial charge in [0.15, 0.2) is 0 Å². The Kier molecular flexibility index (Phi) is 2.89. The van der Waals surface area contributed by atoms with E-state index in [1.165, 1.54) is 33.1 Å². The summed E-state index contributed by atoms with van der Waals surface area (Å²) in [7, 11) is 0. The van der Waals surface area contributed by atoms with Crippen molar-refractivity contribution < 1.29 is 0 Å². The molecule has 2 aromatic carbocycles. The molecule has 2 aromatic rings. The number of fused-ring (bicyclic) bond motifs is 2. The van der Waals surface area contributed by atoms with Gasteiger partial charge in [0.25, 0.3) is 0 Å². The highest BCUT2D eigenvalue weighted by Crippen LogP contribution is 2.45. The highest BCUT2D eigenvalue weighted by molar-refractivity contribution is 5.96. The van der Waals surface area contributed by atoms with Crippen LogP contribution in [0.2, 0.25) is 0 Å². The summed E-state index contributed by atoms with van der Waals surface area (Å²) >= 11 is 0. The first-order valence-corrected chi connectivity index (χ1v) is 7.56. The largest absolute Gasteiger partial charge is 0.0729 e. The molecule has 21 heavy (non-hydrogen) atoms. The summed E-state index contributed by atoms with van der Waals surface area (Å²) in [6.45, 7) is 2.28. The van der Waals surface area contributed by atoms with Crippen molar-refractivity contribution in [1.82, 2.24) is 0 Å². The first kappa shape index (κ1) is 12.4. The molecule has 2 aliphatic rings. The van der Waals surface area contributed by atoms with E-state index in [0.29, 0.717) is 5.92 Å².